The topological polar surface area (TPSA) is 80.4 Å². The van der Waals surface area contributed by atoms with Crippen molar-refractivity contribution >= 4 is 11.6 Å². The number of carbonyl (C=O) groups is 1. The predicted molar refractivity (Wildman–Crippen MR) is 75.9 cm³/mol. The first-order valence-corrected chi connectivity index (χ1v) is 6.44. The number of hydrogen-bond acceptors (Lipinski definition) is 4. The van der Waals surface area contributed by atoms with Crippen LogP contribution in [0.1, 0.15) is 13.3 Å². The molecule has 106 valence electrons. The summed E-state index contributed by atoms with van der Waals surface area (Å²) in [5, 5.41) is 2.75. The highest BCUT2D eigenvalue weighted by molar-refractivity contribution is 5.77. The monoisotopic (exact) mass is 266 g/mol. The van der Waals surface area contributed by atoms with E-state index in [1.807, 2.05) is 18.9 Å². The zero-order chi connectivity index (χ0) is 14.3. The van der Waals surface area contributed by atoms with Gasteiger partial charge in [0.2, 0.25) is 5.91 Å². The number of nitrogen functional groups attached to an aromatic ring is 1. The maximum atomic E-state index is 11.5. The molecule has 1 amide bonds. The molecule has 0 fully saturated rings. The highest BCUT2D eigenvalue weighted by Crippen LogP contribution is 1.97. The molecule has 1 heterocycles. The van der Waals surface area contributed by atoms with E-state index in [2.05, 4.69) is 5.32 Å². The van der Waals surface area contributed by atoms with Gasteiger partial charge < -0.3 is 15.6 Å². The number of likely N-dealkylation sites (N-methyl/N-ethyl adjacent to an activating group) is 2. The lowest BCUT2D eigenvalue weighted by atomic mass is 10.3. The van der Waals surface area contributed by atoms with Crippen LogP contribution in [-0.2, 0) is 11.3 Å². The van der Waals surface area contributed by atoms with E-state index >= 15 is 0 Å². The quantitative estimate of drug-likeness (QED) is 0.721. The van der Waals surface area contributed by atoms with E-state index < -0.39 is 0 Å². The van der Waals surface area contributed by atoms with Crippen LogP contribution in [0.15, 0.2) is 23.1 Å². The van der Waals surface area contributed by atoms with Gasteiger partial charge in [0.15, 0.2) is 0 Å². The van der Waals surface area contributed by atoms with E-state index in [1.54, 1.807) is 16.8 Å². The molecule has 0 saturated heterocycles. The van der Waals surface area contributed by atoms with E-state index in [1.165, 1.54) is 6.07 Å². The number of anilines is 1. The standard InChI is InChI=1S/C13H22N4O2/c1-3-15-12(18)10-16(2)7-4-8-17-9-11(14)5-6-13(17)19/h5-6,9H,3-4,7-8,10,14H2,1-2H3,(H,15,18). The lowest BCUT2D eigenvalue weighted by Crippen LogP contribution is -2.35. The highest BCUT2D eigenvalue weighted by atomic mass is 16.2. The molecule has 1 aromatic rings. The van der Waals surface area contributed by atoms with Gasteiger partial charge in [0.05, 0.1) is 6.54 Å². The van der Waals surface area contributed by atoms with Crippen molar-refractivity contribution in [1.29, 1.82) is 0 Å². The zero-order valence-corrected chi connectivity index (χ0v) is 11.6. The van der Waals surface area contributed by atoms with Crippen molar-refractivity contribution in [2.45, 2.75) is 19.9 Å². The first kappa shape index (κ1) is 15.2. The number of hydrogen-bond donors (Lipinski definition) is 2. The Morgan fingerprint density at radius 1 is 1.47 bits per heavy atom. The number of aryl methyl sites for hydroxylation is 1. The van der Waals surface area contributed by atoms with Crippen molar-refractivity contribution in [3.63, 3.8) is 0 Å². The Hall–Kier alpha value is -1.82. The number of rotatable bonds is 7. The average molecular weight is 266 g/mol. The Morgan fingerprint density at radius 3 is 2.89 bits per heavy atom. The van der Waals surface area contributed by atoms with Crippen molar-refractivity contribution in [2.24, 2.45) is 0 Å². The number of nitrogens with one attached hydrogen (secondary N) is 1. The normalized spacial score (nSPS) is 10.7. The predicted octanol–water partition coefficient (Wildman–Crippen LogP) is -0.111. The van der Waals surface area contributed by atoms with Crippen LogP contribution in [0.2, 0.25) is 0 Å². The molecule has 0 atom stereocenters. The van der Waals surface area contributed by atoms with Gasteiger partial charge in [-0.15, -0.1) is 0 Å². The molecule has 0 bridgehead atoms. The maximum absolute atomic E-state index is 11.5. The summed E-state index contributed by atoms with van der Waals surface area (Å²) in [6, 6.07) is 3.06. The van der Waals surface area contributed by atoms with Crippen LogP contribution in [0.25, 0.3) is 0 Å². The second kappa shape index (κ2) is 7.58. The van der Waals surface area contributed by atoms with Crippen LogP contribution in [-0.4, -0.2) is 42.1 Å². The Balaban J connectivity index is 2.35. The Bertz CT molecular complexity index is 470. The van der Waals surface area contributed by atoms with Crippen LogP contribution >= 0.6 is 0 Å². The van der Waals surface area contributed by atoms with E-state index in [4.69, 9.17) is 5.73 Å². The highest BCUT2D eigenvalue weighted by Gasteiger charge is 2.05. The van der Waals surface area contributed by atoms with E-state index in [0.29, 0.717) is 25.3 Å². The molecular formula is C13H22N4O2. The van der Waals surface area contributed by atoms with Crippen LogP contribution in [0.4, 0.5) is 5.69 Å². The molecular weight excluding hydrogens is 244 g/mol. The number of nitrogens with zero attached hydrogens (tertiary/aromatic N) is 2. The minimum atomic E-state index is -0.0550. The second-order valence-electron chi connectivity index (χ2n) is 4.54. The fourth-order valence-electron chi connectivity index (χ4n) is 1.81. The lowest BCUT2D eigenvalue weighted by molar-refractivity contribution is -0.121. The molecule has 0 spiro atoms. The van der Waals surface area contributed by atoms with Crippen molar-refractivity contribution in [1.82, 2.24) is 14.8 Å². The van der Waals surface area contributed by atoms with Gasteiger partial charge in [-0.3, -0.25) is 14.5 Å². The fraction of sp³-hybridized carbons (Fsp3) is 0.538. The van der Waals surface area contributed by atoms with Crippen LogP contribution in [0.5, 0.6) is 0 Å². The first-order chi connectivity index (χ1) is 9.02. The molecule has 6 nitrogen and oxygen atoms in total. The van der Waals surface area contributed by atoms with Crippen LogP contribution < -0.4 is 16.6 Å². The third-order valence-electron chi connectivity index (χ3n) is 2.73. The maximum Gasteiger partial charge on any atom is 0.250 e. The number of amides is 1. The van der Waals surface area contributed by atoms with Gasteiger partial charge in [-0.2, -0.15) is 0 Å². The summed E-state index contributed by atoms with van der Waals surface area (Å²) in [6.45, 7) is 4.26. The van der Waals surface area contributed by atoms with Gasteiger partial charge in [0.25, 0.3) is 5.56 Å². The van der Waals surface area contributed by atoms with E-state index in [0.717, 1.165) is 13.0 Å². The van der Waals surface area contributed by atoms with Gasteiger partial charge >= 0.3 is 0 Å². The summed E-state index contributed by atoms with van der Waals surface area (Å²) in [6.07, 6.45) is 2.44. The minimum absolute atomic E-state index is 0.0196. The minimum Gasteiger partial charge on any atom is -0.398 e. The fourth-order valence-corrected chi connectivity index (χ4v) is 1.81. The van der Waals surface area contributed by atoms with Crippen molar-refractivity contribution in [2.75, 3.05) is 32.4 Å². The molecule has 0 unspecified atom stereocenters. The third kappa shape index (κ3) is 5.56. The van der Waals surface area contributed by atoms with Gasteiger partial charge in [0.1, 0.15) is 0 Å². The van der Waals surface area contributed by atoms with Crippen LogP contribution in [0, 0.1) is 0 Å². The SMILES string of the molecule is CCNC(=O)CN(C)CCCn1cc(N)ccc1=O. The number of aromatic nitrogens is 1. The molecule has 0 saturated carbocycles. The molecule has 6 heteroatoms. The van der Waals surface area contributed by atoms with Crippen LogP contribution in [0.3, 0.4) is 0 Å². The third-order valence-corrected chi connectivity index (χ3v) is 2.73. The van der Waals surface area contributed by atoms with Crippen molar-refractivity contribution in [3.05, 3.63) is 28.7 Å². The summed E-state index contributed by atoms with van der Waals surface area (Å²) in [5.41, 5.74) is 6.16. The zero-order valence-electron chi connectivity index (χ0n) is 11.6. The van der Waals surface area contributed by atoms with E-state index in [-0.39, 0.29) is 11.5 Å². The second-order valence-corrected chi connectivity index (χ2v) is 4.54. The summed E-state index contributed by atoms with van der Waals surface area (Å²) in [4.78, 5) is 24.8. The lowest BCUT2D eigenvalue weighted by Gasteiger charge is -2.16. The van der Waals surface area contributed by atoms with Crippen molar-refractivity contribution < 1.29 is 4.79 Å². The molecule has 3 N–H and O–H groups in total. The summed E-state index contributed by atoms with van der Waals surface area (Å²) < 4.78 is 1.59. The van der Waals surface area contributed by atoms with Gasteiger partial charge in [-0.05, 0) is 26.5 Å². The number of carbonyl (C=O) groups excluding carboxylic acids is 1. The summed E-state index contributed by atoms with van der Waals surface area (Å²) in [5.74, 6) is 0.0196. The average Bonchev–Trinajstić information content (AvgIpc) is 2.33. The Morgan fingerprint density at radius 2 is 2.21 bits per heavy atom. The molecule has 0 aromatic carbocycles. The number of nitrogens with two attached hydrogens (primary N) is 1. The molecule has 1 aromatic heterocycles. The number of pyridine rings is 1. The van der Waals surface area contributed by atoms with E-state index in [9.17, 15) is 9.59 Å². The molecule has 1 rings (SSSR count). The Kier molecular flexibility index (Phi) is 6.08. The Labute approximate surface area is 113 Å². The largest absolute Gasteiger partial charge is 0.398 e. The summed E-state index contributed by atoms with van der Waals surface area (Å²) in [7, 11) is 1.89. The van der Waals surface area contributed by atoms with Gasteiger partial charge in [-0.1, -0.05) is 0 Å². The molecule has 0 radical (unpaired) electrons. The smallest absolute Gasteiger partial charge is 0.250 e. The molecule has 0 aliphatic rings. The first-order valence-electron chi connectivity index (χ1n) is 6.44. The van der Waals surface area contributed by atoms with Crippen molar-refractivity contribution in [3.8, 4) is 0 Å². The molecule has 0 aliphatic carbocycles. The summed E-state index contributed by atoms with van der Waals surface area (Å²) >= 11 is 0. The molecule has 0 aliphatic heterocycles. The van der Waals surface area contributed by atoms with Gasteiger partial charge in [0, 0.05) is 37.6 Å². The molecule has 19 heavy (non-hydrogen) atoms. The van der Waals surface area contributed by atoms with Gasteiger partial charge in [-0.25, -0.2) is 0 Å².